The van der Waals surface area contributed by atoms with E-state index in [2.05, 4.69) is 4.42 Å². The molecule has 15 heavy (non-hydrogen) atoms. The first-order chi connectivity index (χ1) is 6.89. The zero-order chi connectivity index (χ0) is 11.2. The molecular weight excluding hydrogens is 265 g/mol. The van der Waals surface area contributed by atoms with Crippen molar-refractivity contribution in [3.63, 3.8) is 0 Å². The molecule has 0 spiro atoms. The Labute approximate surface area is 93.3 Å². The zero-order valence-corrected chi connectivity index (χ0v) is 9.30. The van der Waals surface area contributed by atoms with Crippen LogP contribution in [0.15, 0.2) is 32.3 Å². The Bertz CT molecular complexity index is 685. The van der Waals surface area contributed by atoms with Crippen LogP contribution in [0.4, 0.5) is 0 Å². The number of hydrogen-bond acceptors (Lipinski definition) is 4. The van der Waals surface area contributed by atoms with Gasteiger partial charge in [-0.05, 0) is 12.1 Å². The summed E-state index contributed by atoms with van der Waals surface area (Å²) in [6, 6.07) is 3.71. The van der Waals surface area contributed by atoms with Crippen molar-refractivity contribution in [2.45, 2.75) is 4.90 Å². The minimum absolute atomic E-state index is 0.0664. The minimum atomic E-state index is -3.84. The highest BCUT2D eigenvalue weighted by Crippen LogP contribution is 2.21. The first-order valence-electron chi connectivity index (χ1n) is 3.66. The van der Waals surface area contributed by atoms with Crippen LogP contribution < -0.4 is 5.76 Å². The molecule has 1 heterocycles. The van der Waals surface area contributed by atoms with E-state index in [9.17, 15) is 13.2 Å². The third-order valence-corrected chi connectivity index (χ3v) is 3.45. The van der Waals surface area contributed by atoms with Crippen molar-refractivity contribution in [3.05, 3.63) is 28.7 Å². The maximum Gasteiger partial charge on any atom is 0.434 e. The molecule has 1 aromatic carbocycles. The van der Waals surface area contributed by atoms with Gasteiger partial charge in [0.05, 0.1) is 4.90 Å². The summed E-state index contributed by atoms with van der Waals surface area (Å²) in [4.78, 5) is 10.8. The second kappa shape index (κ2) is 3.26. The van der Waals surface area contributed by atoms with Gasteiger partial charge in [-0.3, -0.25) is 0 Å². The summed E-state index contributed by atoms with van der Waals surface area (Å²) in [5.74, 6) is -0.782. The third-order valence-electron chi connectivity index (χ3n) is 1.78. The quantitative estimate of drug-likeness (QED) is 0.735. The Morgan fingerprint density at radius 3 is 2.60 bits per heavy atom. The molecule has 0 aliphatic rings. The van der Waals surface area contributed by atoms with Crippen LogP contribution in [0.5, 0.6) is 0 Å². The monoisotopic (exact) mass is 267 g/mol. The van der Waals surface area contributed by atoms with E-state index >= 15 is 0 Å². The van der Waals surface area contributed by atoms with Crippen LogP contribution in [0.1, 0.15) is 0 Å². The Kier molecular flexibility index (Phi) is 2.29. The number of oxazole rings is 1. The van der Waals surface area contributed by atoms with Crippen molar-refractivity contribution in [1.82, 2.24) is 4.09 Å². The molecule has 80 valence electrons. The second-order valence-corrected chi connectivity index (χ2v) is 5.62. The predicted octanol–water partition coefficient (Wildman–Crippen LogP) is 1.52. The van der Waals surface area contributed by atoms with Crippen LogP contribution in [-0.2, 0) is 9.05 Å². The summed E-state index contributed by atoms with van der Waals surface area (Å²) in [6.45, 7) is 0. The summed E-state index contributed by atoms with van der Waals surface area (Å²) >= 11 is 5.54. The molecular formula is C7H3Cl2NO4S. The van der Waals surface area contributed by atoms with Crippen molar-refractivity contribution < 1.29 is 12.8 Å². The van der Waals surface area contributed by atoms with E-state index in [-0.39, 0.29) is 16.0 Å². The second-order valence-electron chi connectivity index (χ2n) is 2.72. The van der Waals surface area contributed by atoms with Crippen molar-refractivity contribution in [2.24, 2.45) is 0 Å². The van der Waals surface area contributed by atoms with Gasteiger partial charge in [0, 0.05) is 28.5 Å². The highest BCUT2D eigenvalue weighted by Gasteiger charge is 2.14. The molecule has 0 N–H and O–H groups in total. The van der Waals surface area contributed by atoms with Gasteiger partial charge >= 0.3 is 5.76 Å². The van der Waals surface area contributed by atoms with Crippen molar-refractivity contribution in [1.29, 1.82) is 0 Å². The fraction of sp³-hybridized carbons (Fsp3) is 0. The van der Waals surface area contributed by atoms with Crippen molar-refractivity contribution in [3.8, 4) is 0 Å². The van der Waals surface area contributed by atoms with Gasteiger partial charge in [-0.2, -0.15) is 4.09 Å². The summed E-state index contributed by atoms with van der Waals surface area (Å²) in [7, 11) is 1.28. The predicted molar refractivity (Wildman–Crippen MR) is 54.8 cm³/mol. The molecule has 0 saturated heterocycles. The lowest BCUT2D eigenvalue weighted by molar-refractivity contribution is 0.547. The molecule has 2 rings (SSSR count). The maximum atomic E-state index is 11.0. The number of hydrogen-bond donors (Lipinski definition) is 0. The molecule has 0 amide bonds. The zero-order valence-electron chi connectivity index (χ0n) is 6.98. The average Bonchev–Trinajstić information content (AvgIpc) is 2.41. The first kappa shape index (κ1) is 10.5. The first-order valence-corrected chi connectivity index (χ1v) is 6.31. The lowest BCUT2D eigenvalue weighted by Gasteiger charge is -1.94. The summed E-state index contributed by atoms with van der Waals surface area (Å²) < 4.78 is 27.4. The number of aromatic nitrogens is 1. The molecule has 0 unspecified atom stereocenters. The molecule has 8 heteroatoms. The van der Waals surface area contributed by atoms with Crippen LogP contribution in [0.25, 0.3) is 11.1 Å². The van der Waals surface area contributed by atoms with Crippen LogP contribution in [-0.4, -0.2) is 12.5 Å². The molecule has 2 aromatic rings. The van der Waals surface area contributed by atoms with Gasteiger partial charge in [0.15, 0.2) is 5.58 Å². The van der Waals surface area contributed by atoms with Crippen LogP contribution in [0.3, 0.4) is 0 Å². The average molecular weight is 268 g/mol. The van der Waals surface area contributed by atoms with Gasteiger partial charge in [0.1, 0.15) is 5.52 Å². The molecule has 5 nitrogen and oxygen atoms in total. The molecule has 1 aromatic heterocycles. The van der Waals surface area contributed by atoms with Gasteiger partial charge in [-0.15, -0.1) is 0 Å². The maximum absolute atomic E-state index is 11.0. The number of fused-ring (bicyclic) bond motifs is 1. The fourth-order valence-corrected chi connectivity index (χ4v) is 2.06. The van der Waals surface area contributed by atoms with E-state index in [0.717, 1.165) is 10.2 Å². The molecule has 0 bridgehead atoms. The molecule has 0 atom stereocenters. The molecule has 0 saturated carbocycles. The third kappa shape index (κ3) is 1.75. The standard InChI is InChI=1S/C7H3Cl2NO4S/c8-10-5-2-1-4(15(9,12)13)3-6(5)14-7(10)11/h1-3H. The topological polar surface area (TPSA) is 69.3 Å². The van der Waals surface area contributed by atoms with E-state index in [1.54, 1.807) is 0 Å². The molecule has 0 radical (unpaired) electrons. The largest absolute Gasteiger partial charge is 0.434 e. The Morgan fingerprint density at radius 2 is 2.00 bits per heavy atom. The number of benzene rings is 1. The fourth-order valence-electron chi connectivity index (χ4n) is 1.12. The smallest absolute Gasteiger partial charge is 0.407 e. The van der Waals surface area contributed by atoms with Crippen LogP contribution in [0, 0.1) is 0 Å². The van der Waals surface area contributed by atoms with Crippen molar-refractivity contribution in [2.75, 3.05) is 0 Å². The number of nitrogens with zero attached hydrogens (tertiary/aromatic N) is 1. The van der Waals surface area contributed by atoms with Gasteiger partial charge < -0.3 is 4.42 Å². The summed E-state index contributed by atoms with van der Waals surface area (Å²) in [5.41, 5.74) is 0.349. The van der Waals surface area contributed by atoms with Gasteiger partial charge in [0.2, 0.25) is 0 Å². The SMILES string of the molecule is O=c1oc2cc(S(=O)(=O)Cl)ccc2n1Cl. The number of rotatable bonds is 1. The van der Waals surface area contributed by atoms with E-state index in [4.69, 9.17) is 22.5 Å². The van der Waals surface area contributed by atoms with Gasteiger partial charge in [0.25, 0.3) is 9.05 Å². The highest BCUT2D eigenvalue weighted by molar-refractivity contribution is 8.13. The van der Waals surface area contributed by atoms with Crippen molar-refractivity contribution >= 4 is 42.6 Å². The number of halogens is 2. The summed E-state index contributed by atoms with van der Waals surface area (Å²) in [6.07, 6.45) is 0. The molecule has 0 aliphatic heterocycles. The molecule has 0 fully saturated rings. The van der Waals surface area contributed by atoms with E-state index in [1.165, 1.54) is 12.1 Å². The minimum Gasteiger partial charge on any atom is -0.407 e. The van der Waals surface area contributed by atoms with Gasteiger partial charge in [-0.1, -0.05) is 0 Å². The lowest BCUT2D eigenvalue weighted by Crippen LogP contribution is -2.02. The Balaban J connectivity index is 2.84. The summed E-state index contributed by atoms with van der Waals surface area (Å²) in [5, 5.41) is 0. The normalized spacial score (nSPS) is 12.1. The Hall–Kier alpha value is -0.980. The lowest BCUT2D eigenvalue weighted by atomic mass is 10.3. The van der Waals surface area contributed by atoms with E-state index in [0.29, 0.717) is 0 Å². The highest BCUT2D eigenvalue weighted by atomic mass is 35.7. The Morgan fingerprint density at radius 1 is 1.33 bits per heavy atom. The van der Waals surface area contributed by atoms with Gasteiger partial charge in [-0.25, -0.2) is 13.2 Å². The van der Waals surface area contributed by atoms with E-state index < -0.39 is 14.8 Å². The molecule has 0 aliphatic carbocycles. The van der Waals surface area contributed by atoms with E-state index in [1.807, 2.05) is 0 Å². The van der Waals surface area contributed by atoms with Crippen LogP contribution >= 0.6 is 22.5 Å². The van der Waals surface area contributed by atoms with Crippen LogP contribution in [0.2, 0.25) is 0 Å².